The molecule has 0 radical (unpaired) electrons. The van der Waals surface area contributed by atoms with Gasteiger partial charge in [-0.05, 0) is 120 Å². The van der Waals surface area contributed by atoms with Crippen molar-refractivity contribution < 1.29 is 57.8 Å². The van der Waals surface area contributed by atoms with Gasteiger partial charge in [0, 0.05) is 52.0 Å². The van der Waals surface area contributed by atoms with Crippen molar-refractivity contribution in [3.63, 3.8) is 0 Å². The fourth-order valence-corrected chi connectivity index (χ4v) is 10.4. The number of amides is 1. The quantitative estimate of drug-likeness (QED) is 0.158. The second-order valence-corrected chi connectivity index (χ2v) is 19.1. The lowest BCUT2D eigenvalue weighted by Gasteiger charge is -2.47. The highest BCUT2D eigenvalue weighted by Gasteiger charge is 2.56. The minimum atomic E-state index is -2.50. The summed E-state index contributed by atoms with van der Waals surface area (Å²) < 4.78 is 36.8. The number of esters is 1. The maximum atomic E-state index is 14.5. The largest absolute Gasteiger partial charge is 0.488 e. The van der Waals surface area contributed by atoms with Crippen LogP contribution in [0.2, 0.25) is 0 Å². The standard InChI is InChI=1S/C50H75NO12/c1-11-36-22-30(3)21-31(4)24-43(59-9)46-44(60-10)26-33(6)50(57,63-46)47(54)48(55)51-20-13-12-17-38(51)49(56)62-45(34(7)39(52)28-40(36)53)32(5)25-35-18-19-41(42(27-35)58-8)61-37-16-14-15-29(2)23-37/h14-16,22-23,25,31,33-36,38-39,41-46,52,57H,11-13,17-21,24,26-28H2,1-10H3/b30-22+,32-25?. The number of aryl methyl sites for hydroxylation is 1. The van der Waals surface area contributed by atoms with Gasteiger partial charge in [-0.2, -0.15) is 0 Å². The first-order valence-corrected chi connectivity index (χ1v) is 23.3. The highest BCUT2D eigenvalue weighted by atomic mass is 16.7. The number of hydrogen-bond acceptors (Lipinski definition) is 12. The van der Waals surface area contributed by atoms with Crippen LogP contribution in [-0.2, 0) is 42.9 Å². The van der Waals surface area contributed by atoms with E-state index in [1.54, 1.807) is 21.0 Å². The molecule has 4 aliphatic rings. The summed E-state index contributed by atoms with van der Waals surface area (Å²) in [5.74, 6) is -6.64. The van der Waals surface area contributed by atoms with E-state index >= 15 is 0 Å². The van der Waals surface area contributed by atoms with E-state index in [1.807, 2.05) is 58.0 Å². The molecule has 13 nitrogen and oxygen atoms in total. The molecular formula is C50H75NO12. The van der Waals surface area contributed by atoms with E-state index in [-0.39, 0.29) is 55.6 Å². The smallest absolute Gasteiger partial charge is 0.329 e. The van der Waals surface area contributed by atoms with E-state index in [2.05, 4.69) is 13.0 Å². The summed E-state index contributed by atoms with van der Waals surface area (Å²) in [5.41, 5.74) is 2.80. The van der Waals surface area contributed by atoms with Crippen LogP contribution in [0.15, 0.2) is 47.6 Å². The predicted octanol–water partition coefficient (Wildman–Crippen LogP) is 6.87. The molecule has 2 saturated heterocycles. The number of piperidine rings is 1. The van der Waals surface area contributed by atoms with Gasteiger partial charge in [0.15, 0.2) is 0 Å². The van der Waals surface area contributed by atoms with Gasteiger partial charge in [-0.15, -0.1) is 0 Å². The van der Waals surface area contributed by atoms with Gasteiger partial charge in [0.05, 0.1) is 24.4 Å². The van der Waals surface area contributed by atoms with Crippen molar-refractivity contribution in [2.45, 2.75) is 174 Å². The van der Waals surface area contributed by atoms with Crippen molar-refractivity contribution in [3.05, 3.63) is 53.1 Å². The van der Waals surface area contributed by atoms with Crippen LogP contribution in [0.3, 0.4) is 0 Å². The summed E-state index contributed by atoms with van der Waals surface area (Å²) in [7, 11) is 4.76. The van der Waals surface area contributed by atoms with Crippen LogP contribution in [-0.4, -0.2) is 121 Å². The first-order chi connectivity index (χ1) is 29.9. The third-order valence-electron chi connectivity index (χ3n) is 14.1. The SMILES string of the molecule is CCC1/C=C(\C)CC(C)CC(OC)C2OC(O)(C(=O)C(=O)N3CCCCC3C(=O)OC(C(C)=CC3CCC(Oc4cccc(C)c4)C(OC)C3)C(C)C(O)CC1=O)C(C)CC2OC. The maximum Gasteiger partial charge on any atom is 0.329 e. The van der Waals surface area contributed by atoms with E-state index in [9.17, 15) is 29.4 Å². The number of nitrogens with zero attached hydrogens (tertiary/aromatic N) is 1. The minimum Gasteiger partial charge on any atom is -0.488 e. The number of rotatable bonds is 8. The van der Waals surface area contributed by atoms with Crippen LogP contribution in [0.4, 0.5) is 0 Å². The third-order valence-corrected chi connectivity index (χ3v) is 14.1. The number of cyclic esters (lactones) is 1. The Hall–Kier alpha value is -3.46. The lowest BCUT2D eigenvalue weighted by molar-refractivity contribution is -0.302. The molecule has 13 heteroatoms. The summed E-state index contributed by atoms with van der Waals surface area (Å²) in [4.78, 5) is 58.3. The van der Waals surface area contributed by atoms with Crippen LogP contribution in [0.1, 0.15) is 118 Å². The Bertz CT molecular complexity index is 1800. The van der Waals surface area contributed by atoms with E-state index in [1.165, 1.54) is 19.1 Å². The zero-order valence-electron chi connectivity index (χ0n) is 39.4. The van der Waals surface area contributed by atoms with Gasteiger partial charge in [0.2, 0.25) is 5.79 Å². The number of fused-ring (bicyclic) bond motifs is 3. The number of carbonyl (C=O) groups is 4. The molecule has 1 saturated carbocycles. The molecule has 0 spiro atoms. The van der Waals surface area contributed by atoms with Gasteiger partial charge in [0.25, 0.3) is 11.7 Å². The summed E-state index contributed by atoms with van der Waals surface area (Å²) in [6.45, 7) is 13.4. The fourth-order valence-electron chi connectivity index (χ4n) is 10.4. The van der Waals surface area contributed by atoms with Gasteiger partial charge in [-0.1, -0.05) is 57.6 Å². The Morgan fingerprint density at radius 2 is 1.60 bits per heavy atom. The molecular weight excluding hydrogens is 807 g/mol. The second kappa shape index (κ2) is 22.6. The van der Waals surface area contributed by atoms with Crippen molar-refractivity contribution in [2.24, 2.45) is 29.6 Å². The summed E-state index contributed by atoms with van der Waals surface area (Å²) >= 11 is 0. The average Bonchev–Trinajstić information content (AvgIpc) is 3.26. The summed E-state index contributed by atoms with van der Waals surface area (Å²) in [5, 5.41) is 23.9. The predicted molar refractivity (Wildman–Crippen MR) is 238 cm³/mol. The molecule has 352 valence electrons. The molecule has 2 N–H and O–H groups in total. The molecule has 3 aliphatic heterocycles. The number of Topliss-reactive ketones (excluding diaryl/α,β-unsaturated/α-hetero) is 2. The number of carbonyl (C=O) groups excluding carboxylic acids is 4. The number of ether oxygens (including phenoxy) is 6. The Labute approximate surface area is 375 Å². The van der Waals surface area contributed by atoms with Crippen molar-refractivity contribution >= 4 is 23.4 Å². The van der Waals surface area contributed by atoms with E-state index in [0.29, 0.717) is 44.1 Å². The Kier molecular flexibility index (Phi) is 18.2. The van der Waals surface area contributed by atoms with Crippen LogP contribution < -0.4 is 4.74 Å². The van der Waals surface area contributed by atoms with Gasteiger partial charge in [-0.3, -0.25) is 14.4 Å². The molecule has 2 bridgehead atoms. The number of aliphatic hydroxyl groups is 2. The number of aliphatic hydroxyl groups excluding tert-OH is 1. The van der Waals surface area contributed by atoms with Gasteiger partial charge >= 0.3 is 5.97 Å². The molecule has 1 aromatic carbocycles. The number of benzene rings is 1. The molecule has 1 aromatic rings. The Balaban J connectivity index is 1.49. The van der Waals surface area contributed by atoms with E-state index < -0.39 is 77.8 Å². The molecule has 0 aromatic heterocycles. The number of methoxy groups -OCH3 is 3. The maximum absolute atomic E-state index is 14.5. The lowest BCUT2D eigenvalue weighted by Crippen LogP contribution is -2.64. The zero-order chi connectivity index (χ0) is 46.2. The van der Waals surface area contributed by atoms with Crippen molar-refractivity contribution in [1.82, 2.24) is 4.90 Å². The van der Waals surface area contributed by atoms with Crippen molar-refractivity contribution in [2.75, 3.05) is 27.9 Å². The zero-order valence-corrected chi connectivity index (χ0v) is 39.4. The first kappa shape index (κ1) is 50.5. The highest BCUT2D eigenvalue weighted by Crippen LogP contribution is 2.39. The van der Waals surface area contributed by atoms with Crippen LogP contribution in [0.5, 0.6) is 5.75 Å². The van der Waals surface area contributed by atoms with E-state index in [4.69, 9.17) is 28.4 Å². The minimum absolute atomic E-state index is 0.0324. The number of allylic oxidation sites excluding steroid dienone is 3. The van der Waals surface area contributed by atoms with Crippen LogP contribution >= 0.6 is 0 Å². The second-order valence-electron chi connectivity index (χ2n) is 19.1. The first-order valence-electron chi connectivity index (χ1n) is 23.3. The van der Waals surface area contributed by atoms with E-state index in [0.717, 1.165) is 29.7 Å². The molecule has 3 heterocycles. The monoisotopic (exact) mass is 882 g/mol. The van der Waals surface area contributed by atoms with Gasteiger partial charge < -0.3 is 43.5 Å². The lowest BCUT2D eigenvalue weighted by atomic mass is 9.81. The number of ketones is 2. The van der Waals surface area contributed by atoms with Gasteiger partial charge in [0.1, 0.15) is 35.9 Å². The van der Waals surface area contributed by atoms with Crippen LogP contribution in [0.25, 0.3) is 0 Å². The van der Waals surface area contributed by atoms with Crippen molar-refractivity contribution in [1.29, 1.82) is 0 Å². The fraction of sp³-hybridized carbons (Fsp3) is 0.720. The van der Waals surface area contributed by atoms with Crippen molar-refractivity contribution in [3.8, 4) is 5.75 Å². The summed E-state index contributed by atoms with van der Waals surface area (Å²) in [6, 6.07) is 6.80. The molecule has 1 aliphatic carbocycles. The third kappa shape index (κ3) is 12.3. The molecule has 1 amide bonds. The number of hydrogen-bond donors (Lipinski definition) is 2. The Morgan fingerprint density at radius 1 is 0.905 bits per heavy atom. The molecule has 3 fully saturated rings. The highest BCUT2D eigenvalue weighted by molar-refractivity contribution is 6.39. The molecule has 14 atom stereocenters. The van der Waals surface area contributed by atoms with Gasteiger partial charge in [-0.25, -0.2) is 4.79 Å². The molecule has 14 unspecified atom stereocenters. The molecule has 63 heavy (non-hydrogen) atoms. The Morgan fingerprint density at radius 3 is 2.27 bits per heavy atom. The normalized spacial score (nSPS) is 38.2. The topological polar surface area (TPSA) is 167 Å². The average molecular weight is 882 g/mol. The summed E-state index contributed by atoms with van der Waals surface area (Å²) in [6.07, 6.45) is 4.79. The molecule has 5 rings (SSSR count). The van der Waals surface area contributed by atoms with Crippen LogP contribution in [0, 0.1) is 36.5 Å².